The number of aliphatic hydroxyl groups is 1. The van der Waals surface area contributed by atoms with E-state index in [9.17, 15) is 5.11 Å². The van der Waals surface area contributed by atoms with Gasteiger partial charge >= 0.3 is 0 Å². The van der Waals surface area contributed by atoms with Crippen molar-refractivity contribution in [2.24, 2.45) is 5.92 Å². The highest BCUT2D eigenvalue weighted by Gasteiger charge is 2.30. The Morgan fingerprint density at radius 3 is 2.32 bits per heavy atom. The molecule has 0 saturated heterocycles. The van der Waals surface area contributed by atoms with E-state index in [2.05, 4.69) is 44.8 Å². The molecule has 2 N–H and O–H groups in total. The van der Waals surface area contributed by atoms with Gasteiger partial charge in [-0.2, -0.15) is 0 Å². The molecule has 1 unspecified atom stereocenters. The maximum atomic E-state index is 9.59. The lowest BCUT2D eigenvalue weighted by atomic mass is 9.95. The Morgan fingerprint density at radius 2 is 1.89 bits per heavy atom. The van der Waals surface area contributed by atoms with Crippen molar-refractivity contribution in [2.45, 2.75) is 77.9 Å². The predicted molar refractivity (Wildman–Crippen MR) is 82.4 cm³/mol. The molecular formula is C16H34N2O. The Morgan fingerprint density at radius 1 is 1.26 bits per heavy atom. The summed E-state index contributed by atoms with van der Waals surface area (Å²) in [6, 6.07) is 1.27. The molecule has 0 aliphatic heterocycles. The fraction of sp³-hybridized carbons (Fsp3) is 1.00. The highest BCUT2D eigenvalue weighted by Crippen LogP contribution is 2.28. The molecule has 0 spiro atoms. The molecule has 1 atom stereocenters. The van der Waals surface area contributed by atoms with E-state index < -0.39 is 0 Å². The molecule has 0 heterocycles. The van der Waals surface area contributed by atoms with Crippen LogP contribution in [0.25, 0.3) is 0 Å². The highest BCUT2D eigenvalue weighted by atomic mass is 16.3. The summed E-state index contributed by atoms with van der Waals surface area (Å²) in [5.74, 6) is 0.749. The van der Waals surface area contributed by atoms with Gasteiger partial charge in [-0.15, -0.1) is 0 Å². The molecule has 1 rings (SSSR count). The minimum absolute atomic E-state index is 0.124. The van der Waals surface area contributed by atoms with Crippen LogP contribution in [0.1, 0.15) is 60.3 Å². The summed E-state index contributed by atoms with van der Waals surface area (Å²) in [6.07, 6.45) is 4.98. The Labute approximate surface area is 119 Å². The molecule has 1 aliphatic carbocycles. The van der Waals surface area contributed by atoms with E-state index in [4.69, 9.17) is 0 Å². The first-order valence-electron chi connectivity index (χ1n) is 7.99. The summed E-state index contributed by atoms with van der Waals surface area (Å²) in [5, 5.41) is 13.1. The van der Waals surface area contributed by atoms with Gasteiger partial charge in [0.1, 0.15) is 0 Å². The average Bonchev–Trinajstić information content (AvgIpc) is 3.10. The second-order valence-electron chi connectivity index (χ2n) is 7.24. The molecule has 0 aromatic carbocycles. The second-order valence-corrected chi connectivity index (χ2v) is 7.24. The van der Waals surface area contributed by atoms with Crippen LogP contribution in [-0.2, 0) is 0 Å². The highest BCUT2D eigenvalue weighted by molar-refractivity contribution is 4.87. The van der Waals surface area contributed by atoms with Crippen LogP contribution in [-0.4, -0.2) is 47.3 Å². The topological polar surface area (TPSA) is 35.5 Å². The first-order valence-corrected chi connectivity index (χ1v) is 7.99. The number of nitrogens with one attached hydrogen (secondary N) is 1. The number of hydrogen-bond donors (Lipinski definition) is 2. The van der Waals surface area contributed by atoms with Crippen molar-refractivity contribution in [3.63, 3.8) is 0 Å². The summed E-state index contributed by atoms with van der Waals surface area (Å²) < 4.78 is 0. The van der Waals surface area contributed by atoms with Crippen LogP contribution in [0.2, 0.25) is 0 Å². The maximum Gasteiger partial charge on any atom is 0.0610 e. The Hall–Kier alpha value is -0.120. The lowest BCUT2D eigenvalue weighted by Crippen LogP contribution is -2.49. The van der Waals surface area contributed by atoms with Gasteiger partial charge in [0.25, 0.3) is 0 Å². The molecule has 19 heavy (non-hydrogen) atoms. The molecule has 1 fully saturated rings. The zero-order chi connectivity index (χ0) is 14.5. The number of aliphatic hydroxyl groups excluding tert-OH is 1. The fourth-order valence-corrected chi connectivity index (χ4v) is 2.90. The number of nitrogens with zero attached hydrogens (tertiary/aromatic N) is 1. The van der Waals surface area contributed by atoms with Crippen LogP contribution in [0.15, 0.2) is 0 Å². The minimum atomic E-state index is -0.124. The molecular weight excluding hydrogens is 236 g/mol. The van der Waals surface area contributed by atoms with Crippen molar-refractivity contribution < 1.29 is 5.11 Å². The van der Waals surface area contributed by atoms with Crippen molar-refractivity contribution in [1.82, 2.24) is 10.2 Å². The fourth-order valence-electron chi connectivity index (χ4n) is 2.90. The summed E-state index contributed by atoms with van der Waals surface area (Å²) >= 11 is 0. The smallest absolute Gasteiger partial charge is 0.0610 e. The van der Waals surface area contributed by atoms with Crippen molar-refractivity contribution >= 4 is 0 Å². The van der Waals surface area contributed by atoms with Gasteiger partial charge in [0, 0.05) is 24.2 Å². The zero-order valence-corrected chi connectivity index (χ0v) is 13.6. The average molecular weight is 270 g/mol. The van der Waals surface area contributed by atoms with Crippen LogP contribution in [0.4, 0.5) is 0 Å². The number of rotatable bonds is 10. The van der Waals surface area contributed by atoms with Crippen LogP contribution in [0, 0.1) is 5.92 Å². The van der Waals surface area contributed by atoms with Crippen molar-refractivity contribution in [1.29, 1.82) is 0 Å². The van der Waals surface area contributed by atoms with E-state index in [0.29, 0.717) is 6.04 Å². The summed E-state index contributed by atoms with van der Waals surface area (Å²) in [5.41, 5.74) is -0.124. The predicted octanol–water partition coefficient (Wildman–Crippen LogP) is 2.64. The monoisotopic (exact) mass is 270 g/mol. The second kappa shape index (κ2) is 7.61. The van der Waals surface area contributed by atoms with E-state index in [0.717, 1.165) is 18.4 Å². The van der Waals surface area contributed by atoms with Gasteiger partial charge in [0.2, 0.25) is 0 Å². The summed E-state index contributed by atoms with van der Waals surface area (Å²) in [7, 11) is 0. The maximum absolute atomic E-state index is 9.59. The van der Waals surface area contributed by atoms with Gasteiger partial charge in [-0.25, -0.2) is 0 Å². The zero-order valence-electron chi connectivity index (χ0n) is 13.6. The minimum Gasteiger partial charge on any atom is -0.394 e. The molecule has 0 radical (unpaired) electrons. The van der Waals surface area contributed by atoms with Gasteiger partial charge < -0.3 is 15.3 Å². The molecule has 3 nitrogen and oxygen atoms in total. The van der Waals surface area contributed by atoms with E-state index in [1.165, 1.54) is 32.4 Å². The van der Waals surface area contributed by atoms with Gasteiger partial charge in [0.15, 0.2) is 0 Å². The van der Waals surface area contributed by atoms with E-state index >= 15 is 0 Å². The molecule has 3 heteroatoms. The summed E-state index contributed by atoms with van der Waals surface area (Å²) in [6.45, 7) is 13.6. The third-order valence-corrected chi connectivity index (χ3v) is 3.82. The molecule has 114 valence electrons. The molecule has 1 saturated carbocycles. The van der Waals surface area contributed by atoms with Gasteiger partial charge in [-0.05, 0) is 45.1 Å². The lowest BCUT2D eigenvalue weighted by Gasteiger charge is -2.32. The van der Waals surface area contributed by atoms with Crippen LogP contribution in [0.5, 0.6) is 0 Å². The largest absolute Gasteiger partial charge is 0.394 e. The molecule has 0 aromatic rings. The normalized spacial score (nSPS) is 19.4. The molecule has 0 amide bonds. The van der Waals surface area contributed by atoms with Crippen molar-refractivity contribution in [2.75, 3.05) is 19.7 Å². The van der Waals surface area contributed by atoms with Gasteiger partial charge in [-0.3, -0.25) is 0 Å². The summed E-state index contributed by atoms with van der Waals surface area (Å²) in [4.78, 5) is 2.65. The Balaban J connectivity index is 2.33. The van der Waals surface area contributed by atoms with Crippen molar-refractivity contribution in [3.8, 4) is 0 Å². The van der Waals surface area contributed by atoms with E-state index in [-0.39, 0.29) is 12.1 Å². The molecule has 0 aromatic heterocycles. The SMILES string of the molecule is CC(C)CN(CCCC(C)(CO)NC(C)C)C1CC1. The van der Waals surface area contributed by atoms with Crippen LogP contribution < -0.4 is 5.32 Å². The van der Waals surface area contributed by atoms with Gasteiger partial charge in [-0.1, -0.05) is 27.7 Å². The van der Waals surface area contributed by atoms with Crippen LogP contribution >= 0.6 is 0 Å². The standard InChI is InChI=1S/C16H34N2O/c1-13(2)11-18(15-7-8-15)10-6-9-16(5,12-19)17-14(3)4/h13-15,17,19H,6-12H2,1-5H3. The van der Waals surface area contributed by atoms with E-state index in [1.807, 2.05) is 0 Å². The third-order valence-electron chi connectivity index (χ3n) is 3.82. The lowest BCUT2D eigenvalue weighted by molar-refractivity contribution is 0.145. The molecule has 1 aliphatic rings. The van der Waals surface area contributed by atoms with E-state index in [1.54, 1.807) is 0 Å². The molecule has 0 bridgehead atoms. The van der Waals surface area contributed by atoms with Crippen LogP contribution in [0.3, 0.4) is 0 Å². The van der Waals surface area contributed by atoms with Gasteiger partial charge in [0.05, 0.1) is 6.61 Å². The third kappa shape index (κ3) is 6.73. The first kappa shape index (κ1) is 16.9. The number of hydrogen-bond acceptors (Lipinski definition) is 3. The first-order chi connectivity index (χ1) is 8.86. The Kier molecular flexibility index (Phi) is 6.78. The Bertz CT molecular complexity index is 251. The van der Waals surface area contributed by atoms with Crippen molar-refractivity contribution in [3.05, 3.63) is 0 Å². The quantitative estimate of drug-likeness (QED) is 0.640.